The molecule has 1 aromatic rings. The Bertz CT molecular complexity index is 513. The minimum Gasteiger partial charge on any atom is -0.491 e. The minimum absolute atomic E-state index is 0.414. The smallest absolute Gasteiger partial charge is 0.204 e. The van der Waals surface area contributed by atoms with Gasteiger partial charge in [-0.05, 0) is 0 Å². The highest BCUT2D eigenvalue weighted by Gasteiger charge is 2.24. The number of hydrogen-bond acceptors (Lipinski definition) is 3. The Balaban J connectivity index is 2.19. The lowest BCUT2D eigenvalue weighted by atomic mass is 10.1. The summed E-state index contributed by atoms with van der Waals surface area (Å²) in [4.78, 5) is 1.99. The normalized spacial score (nSPS) is 16.6. The molecule has 116 valence electrons. The summed E-state index contributed by atoms with van der Waals surface area (Å²) in [5.74, 6) is -7.08. The lowest BCUT2D eigenvalue weighted by Crippen LogP contribution is -2.36. The highest BCUT2D eigenvalue weighted by atomic mass is 19.2. The summed E-state index contributed by atoms with van der Waals surface area (Å²) < 4.78 is 63.9. The third-order valence-corrected chi connectivity index (χ3v) is 3.21. The van der Waals surface area contributed by atoms with Crippen LogP contribution in [0.15, 0.2) is 6.08 Å². The van der Waals surface area contributed by atoms with E-state index in [0.717, 1.165) is 13.2 Å². The molecular formula is C14H15F4NO2. The molecule has 1 fully saturated rings. The maximum Gasteiger partial charge on any atom is 0.204 e. The fourth-order valence-electron chi connectivity index (χ4n) is 2.06. The highest BCUT2D eigenvalue weighted by Crippen LogP contribution is 2.30. The van der Waals surface area contributed by atoms with E-state index in [-0.39, 0.29) is 0 Å². The van der Waals surface area contributed by atoms with E-state index in [1.165, 1.54) is 6.08 Å². The molecular weight excluding hydrogens is 290 g/mol. The number of methoxy groups -OCH3 is 1. The largest absolute Gasteiger partial charge is 0.491 e. The van der Waals surface area contributed by atoms with E-state index in [2.05, 4.69) is 4.74 Å². The molecule has 0 bridgehead atoms. The zero-order valence-electron chi connectivity index (χ0n) is 11.5. The second-order valence-corrected chi connectivity index (χ2v) is 4.52. The van der Waals surface area contributed by atoms with Gasteiger partial charge in [0.25, 0.3) is 0 Å². The van der Waals surface area contributed by atoms with Crippen LogP contribution in [0.1, 0.15) is 5.56 Å². The number of nitrogens with zero attached hydrogens (tertiary/aromatic N) is 1. The van der Waals surface area contributed by atoms with Crippen LogP contribution < -0.4 is 4.74 Å². The molecule has 0 amide bonds. The van der Waals surface area contributed by atoms with Crippen LogP contribution >= 0.6 is 0 Å². The predicted molar refractivity (Wildman–Crippen MR) is 69.1 cm³/mol. The molecule has 0 atom stereocenters. The number of ether oxygens (including phenoxy) is 2. The van der Waals surface area contributed by atoms with Crippen molar-refractivity contribution >= 4 is 6.08 Å². The zero-order chi connectivity index (χ0) is 15.4. The molecule has 0 aliphatic carbocycles. The van der Waals surface area contributed by atoms with Gasteiger partial charge in [-0.3, -0.25) is 4.90 Å². The number of benzene rings is 1. The van der Waals surface area contributed by atoms with Crippen molar-refractivity contribution in [2.24, 2.45) is 0 Å². The van der Waals surface area contributed by atoms with E-state index in [1.54, 1.807) is 0 Å². The average Bonchev–Trinajstić information content (AvgIpc) is 2.50. The van der Waals surface area contributed by atoms with Crippen LogP contribution in [0.3, 0.4) is 0 Å². The molecule has 1 heterocycles. The predicted octanol–water partition coefficient (Wildman–Crippen LogP) is 2.60. The summed E-state index contributed by atoms with van der Waals surface area (Å²) in [7, 11) is 0.939. The molecule has 1 aliphatic rings. The van der Waals surface area contributed by atoms with Gasteiger partial charge in [-0.2, -0.15) is 8.78 Å². The SMILES string of the molecule is COc1c(F)c(F)c(/C=C/CN2CCOCC2)c(F)c1F. The summed E-state index contributed by atoms with van der Waals surface area (Å²) in [6, 6.07) is 0. The van der Waals surface area contributed by atoms with E-state index in [4.69, 9.17) is 4.74 Å². The molecule has 0 spiro atoms. The Kier molecular flexibility index (Phi) is 5.19. The first-order valence-corrected chi connectivity index (χ1v) is 6.42. The van der Waals surface area contributed by atoms with Crippen molar-refractivity contribution in [3.05, 3.63) is 34.9 Å². The van der Waals surface area contributed by atoms with Gasteiger partial charge < -0.3 is 9.47 Å². The van der Waals surface area contributed by atoms with Gasteiger partial charge in [0.2, 0.25) is 11.6 Å². The highest BCUT2D eigenvalue weighted by molar-refractivity contribution is 5.54. The van der Waals surface area contributed by atoms with Crippen LogP contribution in [0.4, 0.5) is 17.6 Å². The van der Waals surface area contributed by atoms with E-state index >= 15 is 0 Å². The van der Waals surface area contributed by atoms with E-state index in [9.17, 15) is 17.6 Å². The molecule has 0 N–H and O–H groups in total. The van der Waals surface area contributed by atoms with Crippen molar-refractivity contribution in [1.82, 2.24) is 4.90 Å². The van der Waals surface area contributed by atoms with Crippen molar-refractivity contribution in [3.8, 4) is 5.75 Å². The maximum atomic E-state index is 13.7. The first-order chi connectivity index (χ1) is 10.1. The topological polar surface area (TPSA) is 21.7 Å². The Morgan fingerprint density at radius 3 is 2.14 bits per heavy atom. The summed E-state index contributed by atoms with van der Waals surface area (Å²) in [6.07, 6.45) is 2.49. The second kappa shape index (κ2) is 6.91. The summed E-state index contributed by atoms with van der Waals surface area (Å²) >= 11 is 0. The molecule has 1 saturated heterocycles. The van der Waals surface area contributed by atoms with E-state index < -0.39 is 34.6 Å². The standard InChI is InChI=1S/C14H15F4NO2/c1-20-14-12(17)10(15)9(11(16)13(14)18)3-2-4-19-5-7-21-8-6-19/h2-3H,4-8H2,1H3/b3-2+. The van der Waals surface area contributed by atoms with Gasteiger partial charge in [0.15, 0.2) is 17.4 Å². The molecule has 2 rings (SSSR count). The third-order valence-electron chi connectivity index (χ3n) is 3.21. The Hall–Kier alpha value is -1.60. The number of morpholine rings is 1. The van der Waals surface area contributed by atoms with Crippen molar-refractivity contribution in [2.45, 2.75) is 0 Å². The Morgan fingerprint density at radius 2 is 1.62 bits per heavy atom. The lowest BCUT2D eigenvalue weighted by Gasteiger charge is -2.25. The van der Waals surface area contributed by atoms with Crippen molar-refractivity contribution in [3.63, 3.8) is 0 Å². The fraction of sp³-hybridized carbons (Fsp3) is 0.429. The molecule has 21 heavy (non-hydrogen) atoms. The van der Waals surface area contributed by atoms with Gasteiger partial charge in [0.05, 0.1) is 25.9 Å². The molecule has 0 saturated carbocycles. The molecule has 0 unspecified atom stereocenters. The van der Waals surface area contributed by atoms with Crippen LogP contribution in [0, 0.1) is 23.3 Å². The summed E-state index contributed by atoms with van der Waals surface area (Å²) in [5, 5.41) is 0. The molecule has 3 nitrogen and oxygen atoms in total. The molecule has 1 aliphatic heterocycles. The minimum atomic E-state index is -1.54. The van der Waals surface area contributed by atoms with Crippen LogP contribution in [-0.2, 0) is 4.74 Å². The number of halogens is 4. The fourth-order valence-corrected chi connectivity index (χ4v) is 2.06. The third kappa shape index (κ3) is 3.36. The Labute approximate surface area is 119 Å². The van der Waals surface area contributed by atoms with Gasteiger partial charge in [0.1, 0.15) is 0 Å². The monoisotopic (exact) mass is 305 g/mol. The van der Waals surface area contributed by atoms with Crippen LogP contribution in [0.25, 0.3) is 6.08 Å². The van der Waals surface area contributed by atoms with Crippen LogP contribution in [-0.4, -0.2) is 44.9 Å². The summed E-state index contributed by atoms with van der Waals surface area (Å²) in [5.41, 5.74) is -0.751. The first kappa shape index (κ1) is 15.8. The Morgan fingerprint density at radius 1 is 1.05 bits per heavy atom. The van der Waals surface area contributed by atoms with E-state index in [1.807, 2.05) is 4.90 Å². The van der Waals surface area contributed by atoms with Gasteiger partial charge >= 0.3 is 0 Å². The zero-order valence-corrected chi connectivity index (χ0v) is 11.5. The van der Waals surface area contributed by atoms with Crippen molar-refractivity contribution < 1.29 is 27.0 Å². The quantitative estimate of drug-likeness (QED) is 0.630. The number of hydrogen-bond donors (Lipinski definition) is 0. The maximum absolute atomic E-state index is 13.7. The average molecular weight is 305 g/mol. The molecule has 0 radical (unpaired) electrons. The van der Waals surface area contributed by atoms with Gasteiger partial charge in [-0.25, -0.2) is 8.78 Å². The number of rotatable bonds is 4. The first-order valence-electron chi connectivity index (χ1n) is 6.42. The summed E-state index contributed by atoms with van der Waals surface area (Å²) in [6.45, 7) is 2.98. The van der Waals surface area contributed by atoms with Gasteiger partial charge in [0, 0.05) is 19.6 Å². The van der Waals surface area contributed by atoms with Crippen LogP contribution in [0.2, 0.25) is 0 Å². The van der Waals surface area contributed by atoms with Gasteiger partial charge in [-0.1, -0.05) is 12.2 Å². The van der Waals surface area contributed by atoms with Crippen molar-refractivity contribution in [2.75, 3.05) is 40.0 Å². The van der Waals surface area contributed by atoms with Gasteiger partial charge in [-0.15, -0.1) is 0 Å². The molecule has 1 aromatic carbocycles. The molecule has 7 heteroatoms. The second-order valence-electron chi connectivity index (χ2n) is 4.52. The van der Waals surface area contributed by atoms with Crippen LogP contribution in [0.5, 0.6) is 5.75 Å². The molecule has 0 aromatic heterocycles. The van der Waals surface area contributed by atoms with Crippen molar-refractivity contribution in [1.29, 1.82) is 0 Å². The van der Waals surface area contributed by atoms with E-state index in [0.29, 0.717) is 32.8 Å². The lowest BCUT2D eigenvalue weighted by molar-refractivity contribution is 0.0435.